The predicted molar refractivity (Wildman–Crippen MR) is 257 cm³/mol. The van der Waals surface area contributed by atoms with Gasteiger partial charge in [0.05, 0.1) is 51.8 Å². The van der Waals surface area contributed by atoms with Crippen LogP contribution in [0, 0.1) is 37.1 Å². The molecule has 0 saturated carbocycles. The molecule has 0 aliphatic heterocycles. The fourth-order valence-corrected chi connectivity index (χ4v) is 9.15. The molecule has 2 atom stereocenters. The van der Waals surface area contributed by atoms with Gasteiger partial charge in [-0.2, -0.15) is 9.97 Å². The molecule has 0 spiro atoms. The van der Waals surface area contributed by atoms with Gasteiger partial charge in [0.15, 0.2) is 5.82 Å². The van der Waals surface area contributed by atoms with Crippen molar-refractivity contribution in [3.8, 4) is 0 Å². The molecule has 14 nitrogen and oxygen atoms in total. The number of fused-ring (bicyclic) bond motifs is 2. The number of anilines is 2. The third-order valence-electron chi connectivity index (χ3n) is 8.94. The lowest BCUT2D eigenvalue weighted by molar-refractivity contribution is 0.0506. The predicted octanol–water partition coefficient (Wildman–Crippen LogP) is 11.4. The summed E-state index contributed by atoms with van der Waals surface area (Å²) >= 11 is 15.1. The lowest BCUT2D eigenvalue weighted by Crippen LogP contribution is -2.38. The molecule has 4 N–H and O–H groups in total. The molecule has 2 amide bonds. The van der Waals surface area contributed by atoms with Gasteiger partial charge in [0.2, 0.25) is 10.6 Å². The van der Waals surface area contributed by atoms with Gasteiger partial charge in [-0.1, -0.05) is 0 Å². The van der Waals surface area contributed by atoms with E-state index in [1.807, 2.05) is 27.7 Å². The molecule has 0 fully saturated rings. The molecular weight excluding hydrogens is 990 g/mol. The summed E-state index contributed by atoms with van der Waals surface area (Å²) in [5.74, 6) is -2.81. The van der Waals surface area contributed by atoms with Crippen LogP contribution in [0.15, 0.2) is 24.8 Å². The zero-order valence-corrected chi connectivity index (χ0v) is 42.3. The molecule has 0 radical (unpaired) electrons. The Balaban J connectivity index is 0.000000370. The third-order valence-corrected chi connectivity index (χ3v) is 11.9. The Morgan fingerprint density at radius 3 is 1.73 bits per heavy atom. The number of carbonyl (C=O) groups is 2. The van der Waals surface area contributed by atoms with Crippen molar-refractivity contribution < 1.29 is 36.6 Å². The minimum Gasteiger partial charge on any atom is -0.444 e. The van der Waals surface area contributed by atoms with Crippen LogP contribution in [0.2, 0.25) is 10.6 Å². The first kappa shape index (κ1) is 55.9. The molecule has 24 heteroatoms. The molecule has 0 unspecified atom stereocenters. The number of thiophene rings is 2. The summed E-state index contributed by atoms with van der Waals surface area (Å²) in [7, 11) is 0. The summed E-state index contributed by atoms with van der Waals surface area (Å²) in [6.07, 6.45) is 3.37. The first-order valence-electron chi connectivity index (χ1n) is 19.8. The average Bonchev–Trinajstić information content (AvgIpc) is 3.63. The van der Waals surface area contributed by atoms with Crippen molar-refractivity contribution in [1.29, 1.82) is 0 Å². The molecule has 0 aromatic carbocycles. The number of nitrogens with two attached hydrogens (primary N) is 1. The second kappa shape index (κ2) is 23.0. The second-order valence-electron chi connectivity index (χ2n) is 16.8. The summed E-state index contributed by atoms with van der Waals surface area (Å²) < 4.78 is 68.7. The number of alkyl carbamates (subject to hydrolysis) is 1. The van der Waals surface area contributed by atoms with E-state index in [0.29, 0.717) is 28.9 Å². The van der Waals surface area contributed by atoms with Gasteiger partial charge in [-0.05, 0) is 110 Å². The van der Waals surface area contributed by atoms with Crippen LogP contribution < -0.4 is 21.3 Å². The number of aryl methyl sites for hydroxylation is 2. The number of halogens is 8. The van der Waals surface area contributed by atoms with Gasteiger partial charge >= 0.3 is 12.2 Å². The van der Waals surface area contributed by atoms with Gasteiger partial charge in [0.25, 0.3) is 0 Å². The van der Waals surface area contributed by atoms with Crippen LogP contribution in [0.5, 0.6) is 0 Å². The third kappa shape index (κ3) is 14.5. The monoisotopic (exact) mass is 1040 g/mol. The lowest BCUT2D eigenvalue weighted by Gasteiger charge is -2.27. The van der Waals surface area contributed by atoms with Crippen LogP contribution in [0.1, 0.15) is 87.4 Å². The first-order chi connectivity index (χ1) is 29.8. The zero-order chi connectivity index (χ0) is 47.4. The normalized spacial score (nSPS) is 12.3. The quantitative estimate of drug-likeness (QED) is 0.0826. The zero-order valence-electron chi connectivity index (χ0n) is 37.5. The van der Waals surface area contributed by atoms with Crippen molar-refractivity contribution >= 4 is 115 Å². The Bertz CT molecular complexity index is 2640. The largest absolute Gasteiger partial charge is 0.444 e. The number of hydrogen-bond donors (Lipinski definition) is 3. The first-order valence-corrected chi connectivity index (χ1v) is 22.2. The van der Waals surface area contributed by atoms with E-state index in [0.717, 1.165) is 60.8 Å². The number of nitrogens with zero attached hydrogens (tertiary/aromatic N) is 7. The summed E-state index contributed by atoms with van der Waals surface area (Å²) in [6.45, 7) is 17.3. The average molecular weight is 1040 g/mol. The molecule has 0 bridgehead atoms. The number of pyridine rings is 2. The van der Waals surface area contributed by atoms with Crippen LogP contribution in [0.3, 0.4) is 0 Å². The summed E-state index contributed by atoms with van der Waals surface area (Å²) in [4.78, 5) is 52.6. The van der Waals surface area contributed by atoms with Gasteiger partial charge in [0.1, 0.15) is 40.3 Å². The number of hydrogen-bond acceptors (Lipinski definition) is 14. The maximum atomic E-state index is 14.6. The van der Waals surface area contributed by atoms with Gasteiger partial charge in [-0.3, -0.25) is 14.9 Å². The van der Waals surface area contributed by atoms with Crippen molar-refractivity contribution in [1.82, 2.24) is 35.2 Å². The highest BCUT2D eigenvalue weighted by Crippen LogP contribution is 2.39. The molecule has 6 heterocycles. The highest BCUT2D eigenvalue weighted by Gasteiger charge is 2.31. The molecule has 0 saturated heterocycles. The van der Waals surface area contributed by atoms with E-state index >= 15 is 0 Å². The van der Waals surface area contributed by atoms with E-state index in [1.165, 1.54) is 22.7 Å². The van der Waals surface area contributed by atoms with E-state index in [4.69, 9.17) is 38.4 Å². The molecule has 360 valence electrons. The number of nitrogens with one attached hydrogen (secondary N) is 2. The molecular formula is C42H50Cl4F4N10O4S2. The molecule has 6 aromatic heterocycles. The van der Waals surface area contributed by atoms with Crippen LogP contribution in [0.4, 0.5) is 38.8 Å². The Morgan fingerprint density at radius 1 is 0.742 bits per heavy atom. The van der Waals surface area contributed by atoms with Gasteiger partial charge in [0, 0.05) is 45.9 Å². The standard InChI is InChI=1S/C26H32ClF2N5O4S.C16H16ClF2N5S.2ClH/c1-13(31-23(35)37-25(3,4)5)9-18-14(2)19-20(39-18)21(33-22(27)32-19)34(24(36)38-26(6,7)8)12-15-16(28)10-30-11-17(15)29;1-7(20)3-12-8(2)13-14(25-12)15(24-16(17)23-13)22-4-9-10(18)5-21-6-11(9)19;;/h10-11,13H,9,12H2,1-8H3,(H,31,35);5-7H,3-4,20H2,1-2H3,(H,22,23,24);2*1H/t13-;7-;;/m00../s1. The fourth-order valence-electron chi connectivity index (χ4n) is 6.09. The van der Waals surface area contributed by atoms with Crippen molar-refractivity contribution in [3.05, 3.63) is 90.6 Å². The minimum absolute atomic E-state index is 0. The lowest BCUT2D eigenvalue weighted by atomic mass is 10.1. The van der Waals surface area contributed by atoms with Crippen molar-refractivity contribution in [3.63, 3.8) is 0 Å². The number of rotatable bonds is 11. The van der Waals surface area contributed by atoms with Crippen molar-refractivity contribution in [2.75, 3.05) is 10.2 Å². The molecule has 0 aliphatic rings. The van der Waals surface area contributed by atoms with Crippen LogP contribution >= 0.6 is 70.7 Å². The minimum atomic E-state index is -0.926. The Hall–Kier alpha value is -4.44. The van der Waals surface area contributed by atoms with Crippen molar-refractivity contribution in [2.45, 2.75) is 118 Å². The SMILES string of the molecule is Cc1c(C[C@H](C)N)sc2c(NCc3c(F)cncc3F)nc(Cl)nc12.Cc1c(C[C@H](C)NC(=O)OC(C)(C)C)sc2c(N(Cc3c(F)cncc3F)C(=O)OC(C)(C)C)nc(Cl)nc12.Cl.Cl. The highest BCUT2D eigenvalue weighted by atomic mass is 35.5. The highest BCUT2D eigenvalue weighted by molar-refractivity contribution is 7.20. The second-order valence-corrected chi connectivity index (χ2v) is 19.7. The van der Waals surface area contributed by atoms with Crippen LogP contribution in [0.25, 0.3) is 20.4 Å². The molecule has 6 rings (SSSR count). The van der Waals surface area contributed by atoms with E-state index < -0.39 is 53.2 Å². The Morgan fingerprint density at radius 2 is 1.21 bits per heavy atom. The molecule has 0 aliphatic carbocycles. The number of amides is 2. The van der Waals surface area contributed by atoms with Gasteiger partial charge < -0.3 is 25.8 Å². The Kier molecular flexibility index (Phi) is 19.5. The van der Waals surface area contributed by atoms with E-state index in [9.17, 15) is 27.2 Å². The van der Waals surface area contributed by atoms with Crippen LogP contribution in [-0.2, 0) is 35.4 Å². The number of ether oxygens (including phenoxy) is 2. The topological polar surface area (TPSA) is 183 Å². The number of carbonyl (C=O) groups excluding carboxylic acids is 2. The maximum Gasteiger partial charge on any atom is 0.416 e. The fraction of sp³-hybridized carbons (Fsp3) is 0.429. The maximum absolute atomic E-state index is 14.6. The number of aromatic nitrogens is 6. The smallest absolute Gasteiger partial charge is 0.416 e. The Labute approximate surface area is 409 Å². The van der Waals surface area contributed by atoms with Crippen molar-refractivity contribution in [2.24, 2.45) is 5.73 Å². The van der Waals surface area contributed by atoms with Gasteiger partial charge in [-0.25, -0.2) is 37.1 Å². The summed E-state index contributed by atoms with van der Waals surface area (Å²) in [6, 6.07) is -0.299. The van der Waals surface area contributed by atoms with Gasteiger partial charge in [-0.15, -0.1) is 47.5 Å². The molecule has 66 heavy (non-hydrogen) atoms. The van der Waals surface area contributed by atoms with Crippen LogP contribution in [-0.4, -0.2) is 65.4 Å². The van der Waals surface area contributed by atoms with E-state index in [2.05, 4.69) is 40.5 Å². The summed E-state index contributed by atoms with van der Waals surface area (Å²) in [5.41, 5.74) is 6.80. The van der Waals surface area contributed by atoms with E-state index in [-0.39, 0.29) is 71.0 Å². The molecule has 6 aromatic rings. The summed E-state index contributed by atoms with van der Waals surface area (Å²) in [5, 5.41) is 5.67. The van der Waals surface area contributed by atoms with E-state index in [1.54, 1.807) is 41.5 Å².